The Bertz CT molecular complexity index is 486. The number of hydrogen-bond acceptors (Lipinski definition) is 2. The van der Waals surface area contributed by atoms with Gasteiger partial charge in [0, 0.05) is 12.1 Å². The van der Waals surface area contributed by atoms with Gasteiger partial charge in [0.1, 0.15) is 0 Å². The Morgan fingerprint density at radius 2 is 2.21 bits per heavy atom. The molecule has 0 fully saturated rings. The van der Waals surface area contributed by atoms with Crippen LogP contribution in [0.25, 0.3) is 0 Å². The topological polar surface area (TPSA) is 67.2 Å². The van der Waals surface area contributed by atoms with Crippen molar-refractivity contribution in [2.45, 2.75) is 26.7 Å². The molecule has 0 bridgehead atoms. The Balaban J connectivity index is 2.74. The second-order valence-corrected chi connectivity index (χ2v) is 4.29. The van der Waals surface area contributed by atoms with Gasteiger partial charge in [-0.1, -0.05) is 31.3 Å². The highest BCUT2D eigenvalue weighted by molar-refractivity contribution is 5.90. The van der Waals surface area contributed by atoms with E-state index < -0.39 is 0 Å². The molecule has 0 spiro atoms. The van der Waals surface area contributed by atoms with Crippen LogP contribution in [0, 0.1) is 18.8 Å². The zero-order valence-electron chi connectivity index (χ0n) is 11.5. The van der Waals surface area contributed by atoms with Crippen LogP contribution in [0.2, 0.25) is 0 Å². The van der Waals surface area contributed by atoms with Crippen LogP contribution in [0.4, 0.5) is 10.5 Å². The van der Waals surface area contributed by atoms with E-state index in [1.165, 1.54) is 0 Å². The van der Waals surface area contributed by atoms with Crippen molar-refractivity contribution in [2.75, 3.05) is 18.4 Å². The van der Waals surface area contributed by atoms with Gasteiger partial charge in [-0.05, 0) is 31.0 Å². The minimum absolute atomic E-state index is 0.201. The number of hydrogen-bond donors (Lipinski definition) is 3. The normalized spacial score (nSPS) is 9.42. The van der Waals surface area contributed by atoms with E-state index in [0.29, 0.717) is 18.8 Å². The third kappa shape index (κ3) is 5.45. The predicted molar refractivity (Wildman–Crippen MR) is 79.0 cm³/mol. The van der Waals surface area contributed by atoms with Gasteiger partial charge in [0.2, 0.25) is 0 Å². The van der Waals surface area contributed by atoms with Gasteiger partial charge in [-0.2, -0.15) is 0 Å². The van der Waals surface area contributed by atoms with Gasteiger partial charge in [-0.25, -0.2) is 4.79 Å². The number of nitrogens with one attached hydrogen (secondary N) is 2. The first-order chi connectivity index (χ1) is 9.17. The van der Waals surface area contributed by atoms with E-state index >= 15 is 0 Å². The lowest BCUT2D eigenvalue weighted by atomic mass is 10.1. The predicted octanol–water partition coefficient (Wildman–Crippen LogP) is 2.23. The fraction of sp³-hybridized carbons (Fsp3) is 0.400. The average Bonchev–Trinajstić information content (AvgIpc) is 2.39. The van der Waals surface area contributed by atoms with E-state index in [9.17, 15) is 4.79 Å². The zero-order valence-corrected chi connectivity index (χ0v) is 11.5. The maximum absolute atomic E-state index is 11.7. The summed E-state index contributed by atoms with van der Waals surface area (Å²) < 4.78 is 0. The van der Waals surface area contributed by atoms with Crippen molar-refractivity contribution in [2.24, 2.45) is 5.73 Å². The van der Waals surface area contributed by atoms with Crippen molar-refractivity contribution >= 4 is 11.7 Å². The lowest BCUT2D eigenvalue weighted by Crippen LogP contribution is -2.29. The Labute approximate surface area is 114 Å². The molecule has 0 radical (unpaired) electrons. The highest BCUT2D eigenvalue weighted by Crippen LogP contribution is 2.16. The minimum Gasteiger partial charge on any atom is -0.338 e. The summed E-state index contributed by atoms with van der Waals surface area (Å²) in [7, 11) is 0. The molecule has 0 aliphatic carbocycles. The number of benzene rings is 1. The molecule has 0 saturated heterocycles. The highest BCUT2D eigenvalue weighted by atomic mass is 16.2. The smallest absolute Gasteiger partial charge is 0.319 e. The van der Waals surface area contributed by atoms with Crippen molar-refractivity contribution < 1.29 is 4.79 Å². The molecule has 1 aromatic carbocycles. The molecule has 0 unspecified atom stereocenters. The molecule has 1 rings (SSSR count). The van der Waals surface area contributed by atoms with Gasteiger partial charge < -0.3 is 16.4 Å². The molecule has 2 amide bonds. The van der Waals surface area contributed by atoms with Crippen molar-refractivity contribution in [1.29, 1.82) is 0 Å². The second-order valence-electron chi connectivity index (χ2n) is 4.29. The summed E-state index contributed by atoms with van der Waals surface area (Å²) in [4.78, 5) is 11.7. The SMILES string of the molecule is CCCCNC(=O)Nc1ccc(C)cc1C#CCN. The third-order valence-corrected chi connectivity index (χ3v) is 2.56. The Kier molecular flexibility index (Phi) is 6.48. The lowest BCUT2D eigenvalue weighted by Gasteiger charge is -2.09. The van der Waals surface area contributed by atoms with E-state index in [1.54, 1.807) is 0 Å². The molecule has 0 aromatic heterocycles. The number of rotatable bonds is 4. The molecule has 0 saturated carbocycles. The maximum Gasteiger partial charge on any atom is 0.319 e. The first kappa shape index (κ1) is 15.1. The lowest BCUT2D eigenvalue weighted by molar-refractivity contribution is 0.252. The van der Waals surface area contributed by atoms with Gasteiger partial charge in [-0.3, -0.25) is 0 Å². The summed E-state index contributed by atoms with van der Waals surface area (Å²) in [6.07, 6.45) is 2.03. The number of aryl methyl sites for hydroxylation is 1. The molecule has 0 heterocycles. The monoisotopic (exact) mass is 259 g/mol. The second kappa shape index (κ2) is 8.17. The molecule has 4 N–H and O–H groups in total. The van der Waals surface area contributed by atoms with E-state index in [0.717, 1.165) is 24.0 Å². The number of carbonyl (C=O) groups excluding carboxylic acids is 1. The molecule has 19 heavy (non-hydrogen) atoms. The fourth-order valence-electron chi connectivity index (χ4n) is 1.56. The number of anilines is 1. The Hall–Kier alpha value is -1.99. The molecule has 0 aliphatic heterocycles. The summed E-state index contributed by atoms with van der Waals surface area (Å²) in [5.41, 5.74) is 7.97. The van der Waals surface area contributed by atoms with E-state index in [1.807, 2.05) is 25.1 Å². The average molecular weight is 259 g/mol. The third-order valence-electron chi connectivity index (χ3n) is 2.56. The quantitative estimate of drug-likeness (QED) is 0.573. The molecular formula is C15H21N3O. The number of unbranched alkanes of at least 4 members (excludes halogenated alkanes) is 1. The summed E-state index contributed by atoms with van der Waals surface area (Å²) in [6.45, 7) is 5.05. The first-order valence-corrected chi connectivity index (χ1v) is 6.51. The zero-order chi connectivity index (χ0) is 14.1. The minimum atomic E-state index is -0.201. The van der Waals surface area contributed by atoms with Crippen molar-refractivity contribution in [1.82, 2.24) is 5.32 Å². The van der Waals surface area contributed by atoms with Crippen molar-refractivity contribution in [3.8, 4) is 11.8 Å². The van der Waals surface area contributed by atoms with Gasteiger partial charge >= 0.3 is 6.03 Å². The van der Waals surface area contributed by atoms with Crippen LogP contribution in [0.3, 0.4) is 0 Å². The Morgan fingerprint density at radius 1 is 1.42 bits per heavy atom. The number of urea groups is 1. The van der Waals surface area contributed by atoms with Crippen LogP contribution in [0.5, 0.6) is 0 Å². The van der Waals surface area contributed by atoms with Crippen LogP contribution < -0.4 is 16.4 Å². The molecule has 4 nitrogen and oxygen atoms in total. The largest absolute Gasteiger partial charge is 0.338 e. The molecule has 0 atom stereocenters. The van der Waals surface area contributed by atoms with E-state index in [2.05, 4.69) is 29.4 Å². The summed E-state index contributed by atoms with van der Waals surface area (Å²) in [5, 5.41) is 5.62. The maximum atomic E-state index is 11.7. The van der Waals surface area contributed by atoms with Crippen LogP contribution in [0.1, 0.15) is 30.9 Å². The van der Waals surface area contributed by atoms with Crippen LogP contribution in [0.15, 0.2) is 18.2 Å². The van der Waals surface area contributed by atoms with Crippen LogP contribution >= 0.6 is 0 Å². The van der Waals surface area contributed by atoms with E-state index in [4.69, 9.17) is 5.73 Å². The highest BCUT2D eigenvalue weighted by Gasteiger charge is 2.05. The van der Waals surface area contributed by atoms with Gasteiger partial charge in [0.15, 0.2) is 0 Å². The first-order valence-electron chi connectivity index (χ1n) is 6.51. The molecule has 0 aliphatic rings. The van der Waals surface area contributed by atoms with Crippen molar-refractivity contribution in [3.05, 3.63) is 29.3 Å². The number of nitrogens with two attached hydrogens (primary N) is 1. The van der Waals surface area contributed by atoms with Crippen LogP contribution in [-0.2, 0) is 0 Å². The summed E-state index contributed by atoms with van der Waals surface area (Å²) in [6, 6.07) is 5.53. The molecule has 1 aromatic rings. The van der Waals surface area contributed by atoms with Gasteiger partial charge in [0.25, 0.3) is 0 Å². The summed E-state index contributed by atoms with van der Waals surface area (Å²) >= 11 is 0. The Morgan fingerprint density at radius 3 is 2.89 bits per heavy atom. The molecule has 4 heteroatoms. The number of carbonyl (C=O) groups is 1. The number of amides is 2. The van der Waals surface area contributed by atoms with Crippen molar-refractivity contribution in [3.63, 3.8) is 0 Å². The van der Waals surface area contributed by atoms with Gasteiger partial charge in [0.05, 0.1) is 12.2 Å². The molecular weight excluding hydrogens is 238 g/mol. The summed E-state index contributed by atoms with van der Waals surface area (Å²) in [5.74, 6) is 5.77. The molecule has 102 valence electrons. The standard InChI is InChI=1S/C15H21N3O/c1-3-4-10-17-15(19)18-14-8-7-12(2)11-13(14)6-5-9-16/h7-8,11H,3-4,9-10,16H2,1-2H3,(H2,17,18,19). The van der Waals surface area contributed by atoms with Gasteiger partial charge in [-0.15, -0.1) is 0 Å². The van der Waals surface area contributed by atoms with Crippen LogP contribution in [-0.4, -0.2) is 19.1 Å². The fourth-order valence-corrected chi connectivity index (χ4v) is 1.56. The van der Waals surface area contributed by atoms with E-state index in [-0.39, 0.29) is 6.03 Å².